The first-order chi connectivity index (χ1) is 11.3. The Kier molecular flexibility index (Phi) is 5.61. The second-order valence-electron chi connectivity index (χ2n) is 5.35. The van der Waals surface area contributed by atoms with E-state index < -0.39 is 17.8 Å². The summed E-state index contributed by atoms with van der Waals surface area (Å²) in [4.78, 5) is 12.2. The summed E-state index contributed by atoms with van der Waals surface area (Å²) in [5.74, 6) is 0.626. The lowest BCUT2D eigenvalue weighted by Gasteiger charge is -2.16. The van der Waals surface area contributed by atoms with E-state index in [1.54, 1.807) is 13.0 Å². The Labute approximate surface area is 137 Å². The van der Waals surface area contributed by atoms with E-state index in [-0.39, 0.29) is 12.5 Å². The maximum Gasteiger partial charge on any atom is 0.416 e. The van der Waals surface area contributed by atoms with Crippen molar-refractivity contribution in [1.82, 2.24) is 10.5 Å². The second-order valence-corrected chi connectivity index (χ2v) is 5.35. The van der Waals surface area contributed by atoms with Gasteiger partial charge in [-0.1, -0.05) is 24.2 Å². The Bertz CT molecular complexity index is 681. The lowest BCUT2D eigenvalue weighted by molar-refractivity contribution is -0.137. The number of carbonyl (C=O) groups excluding carboxylic acids is 1. The molecule has 0 saturated heterocycles. The number of amides is 1. The topological polar surface area (TPSA) is 67.2 Å². The number of rotatable bonds is 6. The van der Waals surface area contributed by atoms with E-state index in [4.69, 9.17) is 4.52 Å². The van der Waals surface area contributed by atoms with E-state index in [9.17, 15) is 18.0 Å². The molecule has 24 heavy (non-hydrogen) atoms. The minimum atomic E-state index is -4.35. The van der Waals surface area contributed by atoms with Crippen molar-refractivity contribution in [2.24, 2.45) is 0 Å². The summed E-state index contributed by atoms with van der Waals surface area (Å²) in [6.45, 7) is 3.82. The van der Waals surface area contributed by atoms with Gasteiger partial charge in [0.25, 0.3) is 0 Å². The van der Waals surface area contributed by atoms with Crippen LogP contribution in [0.25, 0.3) is 0 Å². The summed E-state index contributed by atoms with van der Waals surface area (Å²) < 4.78 is 42.4. The van der Waals surface area contributed by atoms with Gasteiger partial charge in [-0.15, -0.1) is 0 Å². The summed E-state index contributed by atoms with van der Waals surface area (Å²) in [5.41, 5.74) is -0.0380. The van der Waals surface area contributed by atoms with Crippen molar-refractivity contribution in [3.63, 3.8) is 0 Å². The molecular weight excluding hydrogens is 323 g/mol. The fraction of sp³-hybridized carbons (Fsp3) is 0.375. The minimum absolute atomic E-state index is 0.280. The highest BCUT2D eigenvalue weighted by molar-refractivity contribution is 5.93. The summed E-state index contributed by atoms with van der Waals surface area (Å²) in [5, 5.41) is 9.33. The largest absolute Gasteiger partial charge is 0.416 e. The molecule has 2 N–H and O–H groups in total. The van der Waals surface area contributed by atoms with Crippen LogP contribution in [0, 0.1) is 6.92 Å². The Balaban J connectivity index is 1.92. The van der Waals surface area contributed by atoms with Crippen LogP contribution in [0.1, 0.15) is 30.2 Å². The molecule has 0 aliphatic rings. The van der Waals surface area contributed by atoms with E-state index in [2.05, 4.69) is 15.8 Å². The van der Waals surface area contributed by atoms with Crippen molar-refractivity contribution in [2.75, 3.05) is 5.32 Å². The van der Waals surface area contributed by atoms with Crippen LogP contribution in [0.15, 0.2) is 34.9 Å². The van der Waals surface area contributed by atoms with Gasteiger partial charge in [0, 0.05) is 12.6 Å². The molecule has 1 amide bonds. The van der Waals surface area contributed by atoms with Crippen LogP contribution in [0.4, 0.5) is 19.0 Å². The first kappa shape index (κ1) is 18.0. The number of hydrogen-bond donors (Lipinski definition) is 2. The zero-order valence-electron chi connectivity index (χ0n) is 13.3. The van der Waals surface area contributed by atoms with Crippen LogP contribution in [-0.4, -0.2) is 17.1 Å². The maximum atomic E-state index is 12.5. The van der Waals surface area contributed by atoms with Gasteiger partial charge in [-0.2, -0.15) is 13.2 Å². The lowest BCUT2D eigenvalue weighted by atomic mass is 10.1. The van der Waals surface area contributed by atoms with E-state index in [0.717, 1.165) is 12.1 Å². The highest BCUT2D eigenvalue weighted by Crippen LogP contribution is 2.29. The van der Waals surface area contributed by atoms with Crippen molar-refractivity contribution in [1.29, 1.82) is 0 Å². The van der Waals surface area contributed by atoms with Crippen LogP contribution in [0.2, 0.25) is 0 Å². The normalized spacial score (nSPS) is 12.9. The fourth-order valence-electron chi connectivity index (χ4n) is 2.11. The summed E-state index contributed by atoms with van der Waals surface area (Å²) in [6.07, 6.45) is -3.84. The van der Waals surface area contributed by atoms with Gasteiger partial charge >= 0.3 is 6.18 Å². The van der Waals surface area contributed by atoms with Gasteiger partial charge in [0.15, 0.2) is 5.82 Å². The molecule has 0 radical (unpaired) electrons. The number of aromatic nitrogens is 1. The van der Waals surface area contributed by atoms with Gasteiger partial charge in [0.05, 0.1) is 11.6 Å². The highest BCUT2D eigenvalue weighted by Gasteiger charge is 2.29. The summed E-state index contributed by atoms with van der Waals surface area (Å²) in [6, 6.07) is 5.93. The average Bonchev–Trinajstić information content (AvgIpc) is 2.92. The molecule has 0 fully saturated rings. The van der Waals surface area contributed by atoms with Gasteiger partial charge in [-0.3, -0.25) is 4.79 Å². The predicted molar refractivity (Wildman–Crippen MR) is 82.2 cm³/mol. The Morgan fingerprint density at radius 3 is 2.46 bits per heavy atom. The molecule has 1 atom stereocenters. The molecule has 1 unspecified atom stereocenters. The minimum Gasteiger partial charge on any atom is -0.360 e. The maximum absolute atomic E-state index is 12.5. The summed E-state index contributed by atoms with van der Waals surface area (Å²) in [7, 11) is 0. The molecule has 1 aromatic carbocycles. The summed E-state index contributed by atoms with van der Waals surface area (Å²) >= 11 is 0. The zero-order valence-corrected chi connectivity index (χ0v) is 13.3. The molecule has 0 aliphatic heterocycles. The third-order valence-electron chi connectivity index (χ3n) is 3.44. The first-order valence-electron chi connectivity index (χ1n) is 7.43. The number of carbonyl (C=O) groups is 1. The number of hydrogen-bond acceptors (Lipinski definition) is 4. The molecule has 1 aromatic heterocycles. The van der Waals surface area contributed by atoms with E-state index in [1.165, 1.54) is 12.1 Å². The second kappa shape index (κ2) is 7.48. The van der Waals surface area contributed by atoms with Gasteiger partial charge in [-0.25, -0.2) is 0 Å². The molecule has 5 nitrogen and oxygen atoms in total. The van der Waals surface area contributed by atoms with E-state index >= 15 is 0 Å². The smallest absolute Gasteiger partial charge is 0.360 e. The number of nitrogens with zero attached hydrogens (tertiary/aromatic N) is 1. The molecule has 130 valence electrons. The first-order valence-corrected chi connectivity index (χ1v) is 7.43. The van der Waals surface area contributed by atoms with Crippen molar-refractivity contribution in [2.45, 2.75) is 39.0 Å². The monoisotopic (exact) mass is 341 g/mol. The number of aryl methyl sites for hydroxylation is 1. The number of alkyl halides is 3. The SMILES string of the molecule is CCC(NCc1ccc(C(F)(F)F)cc1)C(=O)Nc1cc(C)on1. The molecule has 0 saturated carbocycles. The fourth-order valence-corrected chi connectivity index (χ4v) is 2.11. The number of benzene rings is 1. The van der Waals surface area contributed by atoms with Gasteiger partial charge in [-0.05, 0) is 31.0 Å². The molecule has 8 heteroatoms. The van der Waals surface area contributed by atoms with Gasteiger partial charge in [0.1, 0.15) is 5.76 Å². The van der Waals surface area contributed by atoms with Crippen molar-refractivity contribution in [3.05, 3.63) is 47.2 Å². The molecule has 0 spiro atoms. The Hall–Kier alpha value is -2.35. The van der Waals surface area contributed by atoms with Crippen LogP contribution < -0.4 is 10.6 Å². The molecular formula is C16H18F3N3O2. The average molecular weight is 341 g/mol. The van der Waals surface area contributed by atoms with Crippen molar-refractivity contribution in [3.8, 4) is 0 Å². The van der Waals surface area contributed by atoms with Crippen LogP contribution >= 0.6 is 0 Å². The number of nitrogens with one attached hydrogen (secondary N) is 2. The van der Waals surface area contributed by atoms with Crippen molar-refractivity contribution >= 4 is 11.7 Å². The van der Waals surface area contributed by atoms with Crippen LogP contribution in [-0.2, 0) is 17.5 Å². The number of anilines is 1. The third-order valence-corrected chi connectivity index (χ3v) is 3.44. The highest BCUT2D eigenvalue weighted by atomic mass is 19.4. The third kappa shape index (κ3) is 4.82. The van der Waals surface area contributed by atoms with Crippen LogP contribution in [0.5, 0.6) is 0 Å². The van der Waals surface area contributed by atoms with E-state index in [0.29, 0.717) is 23.6 Å². The molecule has 0 aliphatic carbocycles. The number of halogens is 3. The Morgan fingerprint density at radius 1 is 1.29 bits per heavy atom. The van der Waals surface area contributed by atoms with Crippen LogP contribution in [0.3, 0.4) is 0 Å². The molecule has 0 bridgehead atoms. The van der Waals surface area contributed by atoms with Crippen molar-refractivity contribution < 1.29 is 22.5 Å². The molecule has 2 aromatic rings. The predicted octanol–water partition coefficient (Wildman–Crippen LogP) is 3.51. The van der Waals surface area contributed by atoms with Gasteiger partial charge < -0.3 is 15.2 Å². The standard InChI is InChI=1S/C16H18F3N3O2/c1-3-13(15(23)21-14-8-10(2)24-22-14)20-9-11-4-6-12(7-5-11)16(17,18)19/h4-8,13,20H,3,9H2,1-2H3,(H,21,22,23). The van der Waals surface area contributed by atoms with E-state index in [1.807, 2.05) is 6.92 Å². The van der Waals surface area contributed by atoms with Gasteiger partial charge in [0.2, 0.25) is 5.91 Å². The Morgan fingerprint density at radius 2 is 1.96 bits per heavy atom. The lowest BCUT2D eigenvalue weighted by Crippen LogP contribution is -2.39. The molecule has 2 rings (SSSR count). The zero-order chi connectivity index (χ0) is 17.7. The molecule has 1 heterocycles. The quantitative estimate of drug-likeness (QED) is 0.844.